The minimum atomic E-state index is -2.45. The van der Waals surface area contributed by atoms with Gasteiger partial charge in [0.05, 0.1) is 6.10 Å². The van der Waals surface area contributed by atoms with Crippen LogP contribution in [0.3, 0.4) is 0 Å². The van der Waals surface area contributed by atoms with Crippen LogP contribution in [0.15, 0.2) is 60.7 Å². The Bertz CT molecular complexity index is 1030. The molecule has 0 heterocycles. The SMILES string of the molecule is CCCCC[C@@H]([CH][CH][CH]C(=O)CCCCCCCCO[Si](c1ccccc1)(c1ccccc1)C(C)(C)C)O[C-]=O.[C-]#[O+].[C-]#[O+].[C-]#[O+].[Fe]. The number of unbranched alkanes of at least 4 members (excludes halogenated alkanes) is 7. The van der Waals surface area contributed by atoms with Gasteiger partial charge in [0.1, 0.15) is 5.78 Å². The standard InChI is InChI=1S/C35H50O4Si.3CO.Fe/c1-5-6-13-23-32(38-30-36)24-20-22-31(37)21-14-9-7-8-10-19-29-39-40(35(2,3)4,33-25-15-11-16-26-33)34-27-17-12-18-28-34;3*1-2;/h11-12,15-18,20,22,24-28,32H,5-10,13-14,19,21,23,29H2,1-4H3;;;;/q-1;;;;/t32-;;;;/m0..../s1. The second kappa shape index (κ2) is 32.1. The van der Waals surface area contributed by atoms with Crippen molar-refractivity contribution in [1.29, 1.82) is 0 Å². The Morgan fingerprint density at radius 2 is 1.30 bits per heavy atom. The van der Waals surface area contributed by atoms with Gasteiger partial charge in [-0.2, -0.15) is 0 Å². The summed E-state index contributed by atoms with van der Waals surface area (Å²) in [5.41, 5.74) is 0. The van der Waals surface area contributed by atoms with Crippen molar-refractivity contribution in [2.45, 2.75) is 109 Å². The molecule has 0 amide bonds. The van der Waals surface area contributed by atoms with Crippen LogP contribution < -0.4 is 10.4 Å². The summed E-state index contributed by atoms with van der Waals surface area (Å²) in [7, 11) is -2.45. The number of hydrogen-bond acceptors (Lipinski definition) is 4. The number of ether oxygens (including phenoxy) is 1. The average molecular weight is 703 g/mol. The molecule has 9 heteroatoms. The average Bonchev–Trinajstić information content (AvgIpc) is 3.09. The second-order valence-electron chi connectivity index (χ2n) is 11.6. The number of benzene rings is 2. The summed E-state index contributed by atoms with van der Waals surface area (Å²) in [6.07, 6.45) is 15.8. The fourth-order valence-corrected chi connectivity index (χ4v) is 9.92. The topological polar surface area (TPSA) is 112 Å². The summed E-state index contributed by atoms with van der Waals surface area (Å²) < 4.78 is 34.4. The summed E-state index contributed by atoms with van der Waals surface area (Å²) in [5.74, 6) is 0.123. The molecule has 1 atom stereocenters. The van der Waals surface area contributed by atoms with E-state index in [1.165, 1.54) is 16.8 Å². The molecule has 0 unspecified atom stereocenters. The summed E-state index contributed by atoms with van der Waals surface area (Å²) in [6.45, 7) is 24.9. The molecule has 0 bridgehead atoms. The molecule has 257 valence electrons. The fraction of sp³-hybridized carbons (Fsp3) is 0.474. The molecular weight excluding hydrogens is 652 g/mol. The van der Waals surface area contributed by atoms with Gasteiger partial charge < -0.3 is 14.0 Å². The van der Waals surface area contributed by atoms with E-state index >= 15 is 0 Å². The minimum Gasteiger partial charge on any atom is 0 e. The summed E-state index contributed by atoms with van der Waals surface area (Å²) in [6, 6.07) is 21.6. The molecule has 0 aliphatic rings. The van der Waals surface area contributed by atoms with E-state index in [4.69, 9.17) is 23.1 Å². The van der Waals surface area contributed by atoms with Crippen LogP contribution in [0.1, 0.15) is 98.3 Å². The number of carbonyl (C=O) groups is 1. The zero-order valence-corrected chi connectivity index (χ0v) is 30.4. The normalized spacial score (nSPS) is 10.9. The number of ketones is 1. The molecule has 0 spiro atoms. The van der Waals surface area contributed by atoms with Crippen molar-refractivity contribution in [3.8, 4) is 0 Å². The van der Waals surface area contributed by atoms with Gasteiger partial charge in [0.2, 0.25) is 0 Å². The maximum Gasteiger partial charge on any atom is 0 e. The summed E-state index contributed by atoms with van der Waals surface area (Å²) in [4.78, 5) is 22.8. The number of carbonyl (C=O) groups excluding carboxylic acids is 2. The van der Waals surface area contributed by atoms with Crippen LogP contribution >= 0.6 is 0 Å². The summed E-state index contributed by atoms with van der Waals surface area (Å²) in [5, 5.41) is 2.66. The molecular formula is C38H50FeO7Si-. The van der Waals surface area contributed by atoms with E-state index in [9.17, 15) is 9.59 Å². The van der Waals surface area contributed by atoms with Crippen molar-refractivity contribution < 1.29 is 49.8 Å². The smallest absolute Gasteiger partial charge is 0 e. The summed E-state index contributed by atoms with van der Waals surface area (Å²) >= 11 is 0. The first-order valence-electron chi connectivity index (χ1n) is 15.8. The van der Waals surface area contributed by atoms with Crippen molar-refractivity contribution >= 4 is 30.9 Å². The molecule has 0 fully saturated rings. The third-order valence-electron chi connectivity index (χ3n) is 7.45. The zero-order chi connectivity index (χ0) is 35.1. The first-order chi connectivity index (χ1) is 22.3. The van der Waals surface area contributed by atoms with E-state index in [2.05, 4.69) is 108 Å². The van der Waals surface area contributed by atoms with Crippen LogP contribution in [-0.2, 0) is 49.8 Å². The second-order valence-corrected chi connectivity index (χ2v) is 15.9. The van der Waals surface area contributed by atoms with Gasteiger partial charge in [0, 0.05) is 42.9 Å². The molecule has 2 aromatic rings. The number of rotatable bonds is 22. The van der Waals surface area contributed by atoms with Gasteiger partial charge in [-0.05, 0) is 47.5 Å². The van der Waals surface area contributed by atoms with E-state index < -0.39 is 8.32 Å². The van der Waals surface area contributed by atoms with E-state index in [1.807, 2.05) is 0 Å². The molecule has 0 aliphatic heterocycles. The van der Waals surface area contributed by atoms with Gasteiger partial charge in [-0.25, -0.2) is 0 Å². The van der Waals surface area contributed by atoms with E-state index in [0.29, 0.717) is 6.42 Å². The van der Waals surface area contributed by atoms with Gasteiger partial charge in [-0.15, -0.1) is 0 Å². The van der Waals surface area contributed by atoms with E-state index in [-0.39, 0.29) is 34.0 Å². The molecule has 2 aromatic carbocycles. The number of Topliss-reactive ketones (excluding diaryl/α,β-unsaturated/α-hetero) is 1. The van der Waals surface area contributed by atoms with E-state index in [1.54, 1.807) is 19.3 Å². The van der Waals surface area contributed by atoms with Gasteiger partial charge >= 0.3 is 33.9 Å². The molecule has 0 aliphatic carbocycles. The van der Waals surface area contributed by atoms with Crippen molar-refractivity contribution in [1.82, 2.24) is 0 Å². The van der Waals surface area contributed by atoms with Crippen LogP contribution in [0, 0.1) is 39.2 Å². The maximum atomic E-state index is 12.2. The zero-order valence-electron chi connectivity index (χ0n) is 28.3. The Hall–Kier alpha value is -2.50. The third kappa shape index (κ3) is 19.8. The van der Waals surface area contributed by atoms with E-state index in [0.717, 1.165) is 70.8 Å². The molecule has 2 rings (SSSR count). The number of hydrogen-bond donors (Lipinski definition) is 0. The monoisotopic (exact) mass is 702 g/mol. The van der Waals surface area contributed by atoms with Crippen molar-refractivity contribution in [2.24, 2.45) is 0 Å². The van der Waals surface area contributed by atoms with Crippen LogP contribution in [0.4, 0.5) is 0 Å². The molecule has 7 nitrogen and oxygen atoms in total. The van der Waals surface area contributed by atoms with Crippen LogP contribution in [0.2, 0.25) is 5.04 Å². The van der Waals surface area contributed by atoms with Gasteiger partial charge in [0.25, 0.3) is 8.32 Å². The van der Waals surface area contributed by atoms with Crippen LogP contribution in [-0.4, -0.2) is 33.3 Å². The Balaban J connectivity index is -0.00000261. The maximum absolute atomic E-state index is 12.2. The molecule has 47 heavy (non-hydrogen) atoms. The third-order valence-corrected chi connectivity index (χ3v) is 12.5. The molecule has 0 N–H and O–H groups in total. The van der Waals surface area contributed by atoms with Crippen molar-refractivity contribution in [3.63, 3.8) is 0 Å². The minimum absolute atomic E-state index is 0. The Morgan fingerprint density at radius 1 is 0.809 bits per heavy atom. The van der Waals surface area contributed by atoms with Crippen LogP contribution in [0.25, 0.3) is 0 Å². The first-order valence-corrected chi connectivity index (χ1v) is 17.7. The Labute approximate surface area is 295 Å². The molecule has 0 saturated heterocycles. The van der Waals surface area contributed by atoms with Crippen molar-refractivity contribution in [2.75, 3.05) is 6.61 Å². The molecule has 0 saturated carbocycles. The largest absolute Gasteiger partial charge is 0 e. The first kappa shape index (κ1) is 48.9. The fourth-order valence-electron chi connectivity index (χ4n) is 5.32. The quantitative estimate of drug-likeness (QED) is 0.0551. The van der Waals surface area contributed by atoms with Gasteiger partial charge in [0.15, 0.2) is 0 Å². The predicted octanol–water partition coefficient (Wildman–Crippen LogP) is 7.39. The van der Waals surface area contributed by atoms with Gasteiger partial charge in [-0.1, -0.05) is 133 Å². The Morgan fingerprint density at radius 3 is 1.77 bits per heavy atom. The van der Waals surface area contributed by atoms with Gasteiger partial charge in [-0.3, -0.25) is 4.79 Å². The van der Waals surface area contributed by atoms with Crippen LogP contribution in [0.5, 0.6) is 0 Å². The molecule has 3 radical (unpaired) electrons. The van der Waals surface area contributed by atoms with Crippen molar-refractivity contribution in [3.05, 3.63) is 99.9 Å². The predicted molar refractivity (Wildman–Crippen MR) is 180 cm³/mol. The molecule has 0 aromatic heterocycles. The Kier molecular flexibility index (Phi) is 33.4.